The molecule has 3 rings (SSSR count). The van der Waals surface area contributed by atoms with Crippen LogP contribution in [-0.2, 0) is 6.54 Å². The van der Waals surface area contributed by atoms with E-state index < -0.39 is 0 Å². The van der Waals surface area contributed by atoms with Gasteiger partial charge in [0.2, 0.25) is 0 Å². The quantitative estimate of drug-likeness (QED) is 0.906. The smallest absolute Gasteiger partial charge is 0.0425 e. The monoisotopic (exact) mass is 322 g/mol. The zero-order valence-corrected chi connectivity index (χ0v) is 13.2. The molecular weight excluding hydrogens is 300 g/mol. The molecule has 1 saturated carbocycles. The van der Waals surface area contributed by atoms with Crippen LogP contribution in [0.2, 0.25) is 0 Å². The van der Waals surface area contributed by atoms with Gasteiger partial charge in [0.15, 0.2) is 0 Å². The van der Waals surface area contributed by atoms with Gasteiger partial charge in [0.1, 0.15) is 0 Å². The van der Waals surface area contributed by atoms with E-state index in [1.165, 1.54) is 54.4 Å². The minimum absolute atomic E-state index is 0.790. The van der Waals surface area contributed by atoms with Gasteiger partial charge in [0, 0.05) is 29.3 Å². The topological polar surface area (TPSA) is 15.3 Å². The largest absolute Gasteiger partial charge is 0.368 e. The lowest BCUT2D eigenvalue weighted by atomic mass is 9.85. The highest BCUT2D eigenvalue weighted by Gasteiger charge is 2.36. The first-order valence-corrected chi connectivity index (χ1v) is 8.28. The average molecular weight is 323 g/mol. The number of rotatable bonds is 3. The number of fused-ring (bicyclic) bond motifs is 1. The van der Waals surface area contributed by atoms with Crippen LogP contribution >= 0.6 is 15.9 Å². The molecule has 104 valence electrons. The minimum Gasteiger partial charge on any atom is -0.368 e. The molecule has 1 aliphatic carbocycles. The molecule has 2 atom stereocenters. The standard InChI is InChI=1S/C16H23BrN2/c1-18-11-13-6-7-14(17)10-16(13)19-9-8-12-4-2-3-5-15(12)19/h6-7,10,12,15,18H,2-5,8-9,11H2,1H3. The van der Waals surface area contributed by atoms with Crippen molar-refractivity contribution in [1.82, 2.24) is 5.32 Å². The van der Waals surface area contributed by atoms with Crippen LogP contribution in [0.4, 0.5) is 5.69 Å². The van der Waals surface area contributed by atoms with Crippen molar-refractivity contribution in [3.05, 3.63) is 28.2 Å². The summed E-state index contributed by atoms with van der Waals surface area (Å²) in [6, 6.07) is 7.51. The molecule has 0 spiro atoms. The Morgan fingerprint density at radius 1 is 1.26 bits per heavy atom. The maximum absolute atomic E-state index is 3.64. The summed E-state index contributed by atoms with van der Waals surface area (Å²) in [5.41, 5.74) is 2.87. The van der Waals surface area contributed by atoms with Gasteiger partial charge in [-0.15, -0.1) is 0 Å². The molecule has 1 aromatic rings. The van der Waals surface area contributed by atoms with Crippen LogP contribution in [0.25, 0.3) is 0 Å². The normalized spacial score (nSPS) is 26.5. The molecule has 2 aliphatic rings. The Balaban J connectivity index is 1.90. The first kappa shape index (κ1) is 13.4. The van der Waals surface area contributed by atoms with Crippen LogP contribution in [0.15, 0.2) is 22.7 Å². The van der Waals surface area contributed by atoms with Gasteiger partial charge in [0.25, 0.3) is 0 Å². The minimum atomic E-state index is 0.790. The summed E-state index contributed by atoms with van der Waals surface area (Å²) in [7, 11) is 2.03. The van der Waals surface area contributed by atoms with Crippen LogP contribution in [-0.4, -0.2) is 19.6 Å². The van der Waals surface area contributed by atoms with E-state index in [9.17, 15) is 0 Å². The highest BCUT2D eigenvalue weighted by Crippen LogP contribution is 2.40. The van der Waals surface area contributed by atoms with Gasteiger partial charge < -0.3 is 10.2 Å². The van der Waals surface area contributed by atoms with Crippen LogP contribution in [0.3, 0.4) is 0 Å². The SMILES string of the molecule is CNCc1ccc(Br)cc1N1CCC2CCCCC21. The van der Waals surface area contributed by atoms with Crippen molar-refractivity contribution in [3.63, 3.8) is 0 Å². The number of halogens is 1. The maximum Gasteiger partial charge on any atom is 0.0425 e. The molecule has 1 N–H and O–H groups in total. The Hall–Kier alpha value is -0.540. The van der Waals surface area contributed by atoms with Crippen molar-refractivity contribution in [1.29, 1.82) is 0 Å². The summed E-state index contributed by atoms with van der Waals surface area (Å²) in [5.74, 6) is 0.940. The molecular formula is C16H23BrN2. The van der Waals surface area contributed by atoms with Gasteiger partial charge in [-0.25, -0.2) is 0 Å². The highest BCUT2D eigenvalue weighted by atomic mass is 79.9. The van der Waals surface area contributed by atoms with E-state index in [0.717, 1.165) is 18.5 Å². The molecule has 19 heavy (non-hydrogen) atoms. The number of nitrogens with zero attached hydrogens (tertiary/aromatic N) is 1. The summed E-state index contributed by atoms with van der Waals surface area (Å²) in [6.45, 7) is 2.19. The molecule has 0 amide bonds. The van der Waals surface area contributed by atoms with E-state index in [4.69, 9.17) is 0 Å². The summed E-state index contributed by atoms with van der Waals surface area (Å²) < 4.78 is 1.20. The van der Waals surface area contributed by atoms with Crippen molar-refractivity contribution in [2.45, 2.75) is 44.7 Å². The molecule has 1 saturated heterocycles. The third-order valence-electron chi connectivity index (χ3n) is 4.73. The zero-order valence-electron chi connectivity index (χ0n) is 11.7. The Morgan fingerprint density at radius 3 is 2.95 bits per heavy atom. The number of hydrogen-bond acceptors (Lipinski definition) is 2. The van der Waals surface area contributed by atoms with E-state index in [0.29, 0.717) is 0 Å². The number of hydrogen-bond donors (Lipinski definition) is 1. The second kappa shape index (κ2) is 5.84. The Kier molecular flexibility index (Phi) is 4.13. The fourth-order valence-electron chi connectivity index (χ4n) is 3.85. The fraction of sp³-hybridized carbons (Fsp3) is 0.625. The van der Waals surface area contributed by atoms with E-state index in [-0.39, 0.29) is 0 Å². The summed E-state index contributed by atoms with van der Waals surface area (Å²) in [6.07, 6.45) is 7.06. The molecule has 1 aromatic carbocycles. The molecule has 0 aromatic heterocycles. The molecule has 0 bridgehead atoms. The summed E-state index contributed by atoms with van der Waals surface area (Å²) in [4.78, 5) is 2.68. The Bertz CT molecular complexity index is 446. The molecule has 1 heterocycles. The van der Waals surface area contributed by atoms with Crippen molar-refractivity contribution in [2.24, 2.45) is 5.92 Å². The van der Waals surface area contributed by atoms with Gasteiger partial charge in [-0.05, 0) is 49.9 Å². The second-order valence-electron chi connectivity index (χ2n) is 5.90. The molecule has 2 nitrogen and oxygen atoms in total. The fourth-order valence-corrected chi connectivity index (χ4v) is 4.20. The van der Waals surface area contributed by atoms with Gasteiger partial charge in [0.05, 0.1) is 0 Å². The predicted molar refractivity (Wildman–Crippen MR) is 84.6 cm³/mol. The Morgan fingerprint density at radius 2 is 2.11 bits per heavy atom. The third kappa shape index (κ3) is 2.68. The second-order valence-corrected chi connectivity index (χ2v) is 6.81. The van der Waals surface area contributed by atoms with E-state index >= 15 is 0 Å². The number of anilines is 1. The number of benzene rings is 1. The summed E-state index contributed by atoms with van der Waals surface area (Å²) in [5, 5.41) is 3.30. The zero-order chi connectivity index (χ0) is 13.2. The predicted octanol–water partition coefficient (Wildman–Crippen LogP) is 3.94. The lowest BCUT2D eigenvalue weighted by Crippen LogP contribution is -2.35. The first-order valence-electron chi connectivity index (χ1n) is 7.49. The van der Waals surface area contributed by atoms with E-state index in [1.807, 2.05) is 7.05 Å². The van der Waals surface area contributed by atoms with Crippen LogP contribution in [0.1, 0.15) is 37.7 Å². The maximum atomic E-state index is 3.64. The summed E-state index contributed by atoms with van der Waals surface area (Å²) >= 11 is 3.64. The lowest BCUT2D eigenvalue weighted by molar-refractivity contribution is 0.342. The van der Waals surface area contributed by atoms with Gasteiger partial charge in [-0.1, -0.05) is 34.8 Å². The first-order chi connectivity index (χ1) is 9.29. The van der Waals surface area contributed by atoms with Crippen molar-refractivity contribution >= 4 is 21.6 Å². The van der Waals surface area contributed by atoms with Crippen molar-refractivity contribution in [2.75, 3.05) is 18.5 Å². The van der Waals surface area contributed by atoms with Crippen LogP contribution in [0, 0.1) is 5.92 Å². The van der Waals surface area contributed by atoms with Gasteiger partial charge in [-0.2, -0.15) is 0 Å². The molecule has 2 unspecified atom stereocenters. The Labute approximate surface area is 124 Å². The van der Waals surface area contributed by atoms with Crippen molar-refractivity contribution < 1.29 is 0 Å². The highest BCUT2D eigenvalue weighted by molar-refractivity contribution is 9.10. The lowest BCUT2D eigenvalue weighted by Gasteiger charge is -2.34. The number of nitrogens with one attached hydrogen (secondary N) is 1. The molecule has 1 aliphatic heterocycles. The van der Waals surface area contributed by atoms with Crippen LogP contribution in [0.5, 0.6) is 0 Å². The third-order valence-corrected chi connectivity index (χ3v) is 5.23. The molecule has 0 radical (unpaired) electrons. The molecule has 3 heteroatoms. The van der Waals surface area contributed by atoms with E-state index in [1.54, 1.807) is 0 Å². The van der Waals surface area contributed by atoms with Gasteiger partial charge in [-0.3, -0.25) is 0 Å². The van der Waals surface area contributed by atoms with Crippen LogP contribution < -0.4 is 10.2 Å². The molecule has 2 fully saturated rings. The van der Waals surface area contributed by atoms with Gasteiger partial charge >= 0.3 is 0 Å². The van der Waals surface area contributed by atoms with E-state index in [2.05, 4.69) is 44.3 Å². The van der Waals surface area contributed by atoms with Crippen molar-refractivity contribution in [3.8, 4) is 0 Å². The average Bonchev–Trinajstić information content (AvgIpc) is 2.85.